The highest BCUT2D eigenvalue weighted by Crippen LogP contribution is 2.58. The van der Waals surface area contributed by atoms with Crippen LogP contribution in [-0.4, -0.2) is 36.0 Å². The molecule has 0 bridgehead atoms. The van der Waals surface area contributed by atoms with Crippen LogP contribution in [0.4, 0.5) is 0 Å². The van der Waals surface area contributed by atoms with E-state index in [4.69, 9.17) is 9.47 Å². The summed E-state index contributed by atoms with van der Waals surface area (Å²) in [6.07, 6.45) is 8.07. The Morgan fingerprint density at radius 1 is 1.25 bits per heavy atom. The molecule has 5 aliphatic rings. The molecule has 5 rings (SSSR count). The number of allylic oxidation sites excluding steroid dienone is 3. The molecule has 1 saturated carbocycles. The minimum absolute atomic E-state index is 0.0675. The standard InChI is InChI=1S/C20H26O4/c1-19-6-4-14-13-5-7-20(23-8-9-24-20)11-12(13)2-3-15(14)16(19)10-17(21)18(19)22/h4,15-17,21H,2-3,5-11H2,1H3/t15?,16-,17?,19?/m0/s1. The lowest BCUT2D eigenvalue weighted by molar-refractivity contribution is -0.164. The van der Waals surface area contributed by atoms with Gasteiger partial charge in [-0.1, -0.05) is 18.6 Å². The van der Waals surface area contributed by atoms with Crippen LogP contribution in [0.5, 0.6) is 0 Å². The molecular weight excluding hydrogens is 304 g/mol. The van der Waals surface area contributed by atoms with Crippen LogP contribution in [0.2, 0.25) is 0 Å². The molecule has 0 aromatic heterocycles. The van der Waals surface area contributed by atoms with Crippen molar-refractivity contribution in [2.45, 2.75) is 63.8 Å². The molecule has 1 aliphatic heterocycles. The van der Waals surface area contributed by atoms with Gasteiger partial charge in [0.15, 0.2) is 11.6 Å². The molecule has 2 fully saturated rings. The first-order chi connectivity index (χ1) is 11.5. The van der Waals surface area contributed by atoms with Crippen molar-refractivity contribution in [3.63, 3.8) is 0 Å². The molecule has 130 valence electrons. The lowest BCUT2D eigenvalue weighted by Gasteiger charge is -2.46. The second kappa shape index (κ2) is 5.03. The predicted molar refractivity (Wildman–Crippen MR) is 88.2 cm³/mol. The molecule has 4 nitrogen and oxygen atoms in total. The van der Waals surface area contributed by atoms with Gasteiger partial charge in [0.1, 0.15) is 6.10 Å². The predicted octanol–water partition coefficient (Wildman–Crippen LogP) is 2.91. The van der Waals surface area contributed by atoms with Crippen LogP contribution in [-0.2, 0) is 14.3 Å². The highest BCUT2D eigenvalue weighted by molar-refractivity contribution is 5.91. The van der Waals surface area contributed by atoms with Crippen molar-refractivity contribution in [2.75, 3.05) is 13.2 Å². The topological polar surface area (TPSA) is 55.8 Å². The summed E-state index contributed by atoms with van der Waals surface area (Å²) in [6.45, 7) is 3.51. The Labute approximate surface area is 142 Å². The average Bonchev–Trinajstić information content (AvgIpc) is 3.12. The number of fused-ring (bicyclic) bond motifs is 4. The van der Waals surface area contributed by atoms with Crippen LogP contribution in [0.1, 0.15) is 51.9 Å². The van der Waals surface area contributed by atoms with E-state index in [0.717, 1.165) is 38.5 Å². The zero-order valence-corrected chi connectivity index (χ0v) is 14.3. The van der Waals surface area contributed by atoms with Crippen LogP contribution in [0, 0.1) is 17.3 Å². The summed E-state index contributed by atoms with van der Waals surface area (Å²) >= 11 is 0. The fourth-order valence-electron chi connectivity index (χ4n) is 6.10. The molecule has 4 aliphatic carbocycles. The van der Waals surface area contributed by atoms with E-state index >= 15 is 0 Å². The number of aliphatic hydroxyl groups excluding tert-OH is 1. The van der Waals surface area contributed by atoms with E-state index < -0.39 is 6.10 Å². The number of carbonyl (C=O) groups excluding carboxylic acids is 1. The lowest BCUT2D eigenvalue weighted by Crippen LogP contribution is -2.41. The molecule has 1 saturated heterocycles. The van der Waals surface area contributed by atoms with Crippen LogP contribution >= 0.6 is 0 Å². The molecule has 0 amide bonds. The SMILES string of the molecule is CC12CC=C3C4=C(CCC3[C@@H]1CC(O)C2=O)CC1(CC4)OCCO1. The zero-order chi connectivity index (χ0) is 16.5. The first kappa shape index (κ1) is 15.3. The molecule has 0 aromatic rings. The van der Waals surface area contributed by atoms with Gasteiger partial charge in [-0.05, 0) is 55.1 Å². The van der Waals surface area contributed by atoms with Gasteiger partial charge < -0.3 is 14.6 Å². The zero-order valence-electron chi connectivity index (χ0n) is 14.3. The van der Waals surface area contributed by atoms with Gasteiger partial charge >= 0.3 is 0 Å². The average molecular weight is 330 g/mol. The van der Waals surface area contributed by atoms with Crippen molar-refractivity contribution < 1.29 is 19.4 Å². The van der Waals surface area contributed by atoms with Crippen molar-refractivity contribution in [3.8, 4) is 0 Å². The molecular formula is C20H26O4. The van der Waals surface area contributed by atoms with E-state index in [1.165, 1.54) is 16.7 Å². The van der Waals surface area contributed by atoms with Crippen LogP contribution in [0.3, 0.4) is 0 Å². The first-order valence-electron chi connectivity index (χ1n) is 9.44. The molecule has 0 radical (unpaired) electrons. The molecule has 0 aromatic carbocycles. The number of aliphatic hydroxyl groups is 1. The summed E-state index contributed by atoms with van der Waals surface area (Å²) in [5, 5.41) is 10.1. The quantitative estimate of drug-likeness (QED) is 0.742. The molecule has 1 spiro atoms. The van der Waals surface area contributed by atoms with Gasteiger partial charge in [-0.3, -0.25) is 4.79 Å². The molecule has 4 atom stereocenters. The number of ketones is 1. The number of ether oxygens (including phenoxy) is 2. The van der Waals surface area contributed by atoms with E-state index in [1.54, 1.807) is 0 Å². The van der Waals surface area contributed by atoms with E-state index in [1.807, 2.05) is 0 Å². The Hall–Kier alpha value is -0.970. The Morgan fingerprint density at radius 2 is 2.04 bits per heavy atom. The summed E-state index contributed by atoms with van der Waals surface area (Å²) in [5.41, 5.74) is 4.17. The fourth-order valence-corrected chi connectivity index (χ4v) is 6.10. The number of rotatable bonds is 0. The normalized spacial score (nSPS) is 43.5. The van der Waals surface area contributed by atoms with Gasteiger partial charge in [0.2, 0.25) is 0 Å². The molecule has 1 heterocycles. The molecule has 1 N–H and O–H groups in total. The van der Waals surface area contributed by atoms with Crippen molar-refractivity contribution in [1.82, 2.24) is 0 Å². The van der Waals surface area contributed by atoms with Gasteiger partial charge in [-0.2, -0.15) is 0 Å². The third-order valence-corrected chi connectivity index (χ3v) is 7.38. The number of hydrogen-bond donors (Lipinski definition) is 1. The van der Waals surface area contributed by atoms with E-state index in [9.17, 15) is 9.90 Å². The third kappa shape index (κ3) is 1.94. The van der Waals surface area contributed by atoms with Crippen LogP contribution in [0.25, 0.3) is 0 Å². The Kier molecular flexibility index (Phi) is 3.20. The maximum absolute atomic E-state index is 12.5. The lowest BCUT2D eigenvalue weighted by atomic mass is 9.58. The number of Topliss-reactive ketones (excluding diaryl/α,β-unsaturated/α-hetero) is 1. The summed E-state index contributed by atoms with van der Waals surface area (Å²) in [6, 6.07) is 0. The summed E-state index contributed by atoms with van der Waals surface area (Å²) < 4.78 is 11.9. The Balaban J connectivity index is 1.49. The van der Waals surface area contributed by atoms with E-state index in [-0.39, 0.29) is 17.0 Å². The van der Waals surface area contributed by atoms with Crippen LogP contribution < -0.4 is 0 Å². The second-order valence-corrected chi connectivity index (χ2v) is 8.51. The highest BCUT2D eigenvalue weighted by atomic mass is 16.7. The summed E-state index contributed by atoms with van der Waals surface area (Å²) in [7, 11) is 0. The maximum Gasteiger partial charge on any atom is 0.172 e. The van der Waals surface area contributed by atoms with Gasteiger partial charge in [0.05, 0.1) is 13.2 Å². The van der Waals surface area contributed by atoms with Crippen molar-refractivity contribution >= 4 is 5.78 Å². The van der Waals surface area contributed by atoms with Gasteiger partial charge in [-0.15, -0.1) is 0 Å². The van der Waals surface area contributed by atoms with Crippen LogP contribution in [0.15, 0.2) is 22.8 Å². The van der Waals surface area contributed by atoms with Gasteiger partial charge in [-0.25, -0.2) is 0 Å². The van der Waals surface area contributed by atoms with Gasteiger partial charge in [0, 0.05) is 18.3 Å². The van der Waals surface area contributed by atoms with Gasteiger partial charge in [0.25, 0.3) is 0 Å². The minimum atomic E-state index is -0.752. The summed E-state index contributed by atoms with van der Waals surface area (Å²) in [5.74, 6) is 0.472. The van der Waals surface area contributed by atoms with Crippen molar-refractivity contribution in [1.29, 1.82) is 0 Å². The van der Waals surface area contributed by atoms with E-state index in [2.05, 4.69) is 13.0 Å². The smallest absolute Gasteiger partial charge is 0.172 e. The molecule has 3 unspecified atom stereocenters. The monoisotopic (exact) mass is 330 g/mol. The van der Waals surface area contributed by atoms with E-state index in [0.29, 0.717) is 31.5 Å². The second-order valence-electron chi connectivity index (χ2n) is 8.51. The number of carbonyl (C=O) groups is 1. The number of hydrogen-bond acceptors (Lipinski definition) is 4. The fraction of sp³-hybridized carbons (Fsp3) is 0.750. The van der Waals surface area contributed by atoms with Crippen molar-refractivity contribution in [2.24, 2.45) is 17.3 Å². The third-order valence-electron chi connectivity index (χ3n) is 7.38. The van der Waals surface area contributed by atoms with Crippen molar-refractivity contribution in [3.05, 3.63) is 22.8 Å². The maximum atomic E-state index is 12.5. The molecule has 4 heteroatoms. The minimum Gasteiger partial charge on any atom is -0.385 e. The largest absolute Gasteiger partial charge is 0.385 e. The Morgan fingerprint density at radius 3 is 2.83 bits per heavy atom. The highest BCUT2D eigenvalue weighted by Gasteiger charge is 2.56. The molecule has 24 heavy (non-hydrogen) atoms. The first-order valence-corrected chi connectivity index (χ1v) is 9.44. The summed E-state index contributed by atoms with van der Waals surface area (Å²) in [4.78, 5) is 12.5. The Bertz CT molecular complexity index is 655.